The average molecular weight is 379 g/mol. The monoisotopic (exact) mass is 378 g/mol. The summed E-state index contributed by atoms with van der Waals surface area (Å²) in [4.78, 5) is 10.9. The molecule has 0 aromatic heterocycles. The molecule has 0 amide bonds. The Bertz CT molecular complexity index is 598. The first-order valence-electron chi connectivity index (χ1n) is 6.62. The van der Waals surface area contributed by atoms with Crippen LogP contribution in [0.3, 0.4) is 0 Å². The van der Waals surface area contributed by atoms with Crippen LogP contribution in [-0.4, -0.2) is 36.9 Å². The predicted octanol–water partition coefficient (Wildman–Crippen LogP) is 2.93. The van der Waals surface area contributed by atoms with Gasteiger partial charge >= 0.3 is 16.2 Å². The van der Waals surface area contributed by atoms with Crippen LogP contribution in [0.25, 0.3) is 0 Å². The number of nitrogens with zero attached hydrogens (tertiary/aromatic N) is 1. The largest absolute Gasteiger partial charge is 0.478 e. The van der Waals surface area contributed by atoms with Gasteiger partial charge in [-0.25, -0.2) is 4.79 Å². The lowest BCUT2D eigenvalue weighted by atomic mass is 10.2. The SMILES string of the molecule is CCCN(CCC)S(=O)(=O)Nc1ccc(C(=O)O)cc1Br. The van der Waals surface area contributed by atoms with Crippen molar-refractivity contribution in [3.63, 3.8) is 0 Å². The number of carboxylic acids is 1. The number of carbonyl (C=O) groups is 1. The zero-order valence-electron chi connectivity index (χ0n) is 12.0. The summed E-state index contributed by atoms with van der Waals surface area (Å²) in [5.74, 6) is -1.07. The van der Waals surface area contributed by atoms with E-state index in [9.17, 15) is 13.2 Å². The second-order valence-corrected chi connectivity index (χ2v) is 7.03. The fourth-order valence-electron chi connectivity index (χ4n) is 1.79. The minimum Gasteiger partial charge on any atom is -0.478 e. The van der Waals surface area contributed by atoms with Crippen molar-refractivity contribution in [3.05, 3.63) is 28.2 Å². The highest BCUT2D eigenvalue weighted by molar-refractivity contribution is 9.10. The summed E-state index contributed by atoms with van der Waals surface area (Å²) in [5, 5.41) is 8.89. The second-order valence-electron chi connectivity index (χ2n) is 4.51. The molecule has 0 aliphatic heterocycles. The predicted molar refractivity (Wildman–Crippen MR) is 85.8 cm³/mol. The molecule has 0 spiro atoms. The van der Waals surface area contributed by atoms with E-state index in [1.165, 1.54) is 22.5 Å². The van der Waals surface area contributed by atoms with E-state index >= 15 is 0 Å². The number of rotatable bonds is 8. The van der Waals surface area contributed by atoms with E-state index in [4.69, 9.17) is 5.11 Å². The van der Waals surface area contributed by atoms with Crippen LogP contribution in [-0.2, 0) is 10.2 Å². The Morgan fingerprint density at radius 3 is 2.29 bits per heavy atom. The number of hydrogen-bond acceptors (Lipinski definition) is 3. The highest BCUT2D eigenvalue weighted by Gasteiger charge is 2.21. The molecule has 0 aliphatic rings. The number of anilines is 1. The van der Waals surface area contributed by atoms with Crippen LogP contribution in [0.1, 0.15) is 37.0 Å². The summed E-state index contributed by atoms with van der Waals surface area (Å²) in [6.07, 6.45) is 1.44. The number of benzene rings is 1. The van der Waals surface area contributed by atoms with Crippen LogP contribution in [0.5, 0.6) is 0 Å². The maximum atomic E-state index is 12.3. The molecule has 118 valence electrons. The third kappa shape index (κ3) is 4.98. The summed E-state index contributed by atoms with van der Waals surface area (Å²) >= 11 is 3.19. The first kappa shape index (κ1) is 17.9. The van der Waals surface area contributed by atoms with E-state index in [-0.39, 0.29) is 5.56 Å². The standard InChI is InChI=1S/C13H19BrN2O4S/c1-3-7-16(8-4-2)21(19,20)15-12-6-5-10(13(17)18)9-11(12)14/h5-6,9,15H,3-4,7-8H2,1-2H3,(H,17,18). The van der Waals surface area contributed by atoms with Crippen molar-refractivity contribution in [3.8, 4) is 0 Å². The molecule has 0 saturated carbocycles. The van der Waals surface area contributed by atoms with Gasteiger partial charge in [-0.15, -0.1) is 0 Å². The van der Waals surface area contributed by atoms with Crippen molar-refractivity contribution in [1.82, 2.24) is 4.31 Å². The van der Waals surface area contributed by atoms with E-state index in [1.54, 1.807) is 0 Å². The molecule has 0 radical (unpaired) electrons. The number of aromatic carboxylic acids is 1. The Kier molecular flexibility index (Phi) is 6.63. The third-order valence-electron chi connectivity index (χ3n) is 2.74. The molecule has 1 rings (SSSR count). The Hall–Kier alpha value is -1.12. The van der Waals surface area contributed by atoms with Crippen molar-refractivity contribution in [2.24, 2.45) is 0 Å². The van der Waals surface area contributed by atoms with E-state index in [0.717, 1.165) is 12.8 Å². The lowest BCUT2D eigenvalue weighted by Crippen LogP contribution is -2.37. The highest BCUT2D eigenvalue weighted by atomic mass is 79.9. The molecule has 8 heteroatoms. The quantitative estimate of drug-likeness (QED) is 0.727. The molecule has 1 aromatic rings. The average Bonchev–Trinajstić information content (AvgIpc) is 2.40. The fourth-order valence-corrected chi connectivity index (χ4v) is 3.83. The Labute approximate surface area is 133 Å². The van der Waals surface area contributed by atoms with Gasteiger partial charge < -0.3 is 5.11 Å². The number of halogens is 1. The van der Waals surface area contributed by atoms with Gasteiger partial charge in [0.1, 0.15) is 0 Å². The first-order valence-corrected chi connectivity index (χ1v) is 8.85. The van der Waals surface area contributed by atoms with Gasteiger partial charge in [0.15, 0.2) is 0 Å². The fraction of sp³-hybridized carbons (Fsp3) is 0.462. The zero-order chi connectivity index (χ0) is 16.0. The van der Waals surface area contributed by atoms with Gasteiger partial charge in [0.05, 0.1) is 11.3 Å². The van der Waals surface area contributed by atoms with Gasteiger partial charge in [-0.05, 0) is 47.0 Å². The van der Waals surface area contributed by atoms with Crippen LogP contribution in [0.15, 0.2) is 22.7 Å². The molecule has 0 aliphatic carbocycles. The molecule has 0 saturated heterocycles. The minimum absolute atomic E-state index is 0.0868. The molecule has 0 fully saturated rings. The molecular formula is C13H19BrN2O4S. The normalized spacial score (nSPS) is 11.6. The number of nitrogens with one attached hydrogen (secondary N) is 1. The maximum absolute atomic E-state index is 12.3. The molecule has 2 N–H and O–H groups in total. The van der Waals surface area contributed by atoms with Crippen LogP contribution >= 0.6 is 15.9 Å². The lowest BCUT2D eigenvalue weighted by molar-refractivity contribution is 0.0697. The summed E-state index contributed by atoms with van der Waals surface area (Å²) in [6, 6.07) is 4.15. The van der Waals surface area contributed by atoms with E-state index in [1.807, 2.05) is 13.8 Å². The van der Waals surface area contributed by atoms with Crippen molar-refractivity contribution in [2.45, 2.75) is 26.7 Å². The van der Waals surface area contributed by atoms with Crippen LogP contribution in [0, 0.1) is 0 Å². The van der Waals surface area contributed by atoms with E-state index in [2.05, 4.69) is 20.7 Å². The third-order valence-corrected chi connectivity index (χ3v) is 4.92. The van der Waals surface area contributed by atoms with Gasteiger partial charge in [-0.1, -0.05) is 13.8 Å². The van der Waals surface area contributed by atoms with Gasteiger partial charge in [0.25, 0.3) is 0 Å². The molecule has 6 nitrogen and oxygen atoms in total. The first-order chi connectivity index (χ1) is 9.81. The molecule has 21 heavy (non-hydrogen) atoms. The second kappa shape index (κ2) is 7.77. The highest BCUT2D eigenvalue weighted by Crippen LogP contribution is 2.25. The number of carboxylic acid groups (broad SMARTS) is 1. The molecule has 1 aromatic carbocycles. The van der Waals surface area contributed by atoms with Crippen molar-refractivity contribution in [2.75, 3.05) is 17.8 Å². The molecule has 0 unspecified atom stereocenters. The van der Waals surface area contributed by atoms with Gasteiger partial charge in [0, 0.05) is 17.6 Å². The smallest absolute Gasteiger partial charge is 0.335 e. The van der Waals surface area contributed by atoms with E-state index in [0.29, 0.717) is 23.2 Å². The van der Waals surface area contributed by atoms with Crippen LogP contribution < -0.4 is 4.72 Å². The summed E-state index contributed by atoms with van der Waals surface area (Å²) in [6.45, 7) is 4.70. The Balaban J connectivity index is 3.00. The van der Waals surface area contributed by atoms with Crippen LogP contribution in [0.4, 0.5) is 5.69 Å². The van der Waals surface area contributed by atoms with Crippen molar-refractivity contribution in [1.29, 1.82) is 0 Å². The Morgan fingerprint density at radius 2 is 1.86 bits per heavy atom. The zero-order valence-corrected chi connectivity index (χ0v) is 14.4. The van der Waals surface area contributed by atoms with Crippen LogP contribution in [0.2, 0.25) is 0 Å². The maximum Gasteiger partial charge on any atom is 0.335 e. The minimum atomic E-state index is -3.65. The summed E-state index contributed by atoms with van der Waals surface area (Å²) < 4.78 is 28.9. The molecule has 0 heterocycles. The number of hydrogen-bond donors (Lipinski definition) is 2. The molecular weight excluding hydrogens is 360 g/mol. The van der Waals surface area contributed by atoms with Crippen molar-refractivity contribution >= 4 is 37.8 Å². The van der Waals surface area contributed by atoms with Crippen molar-refractivity contribution < 1.29 is 18.3 Å². The Morgan fingerprint density at radius 1 is 1.29 bits per heavy atom. The lowest BCUT2D eigenvalue weighted by Gasteiger charge is -2.22. The van der Waals surface area contributed by atoms with E-state index < -0.39 is 16.2 Å². The molecule has 0 bridgehead atoms. The topological polar surface area (TPSA) is 86.7 Å². The van der Waals surface area contributed by atoms with Gasteiger partial charge in [0.2, 0.25) is 0 Å². The van der Waals surface area contributed by atoms with Gasteiger partial charge in [-0.3, -0.25) is 4.72 Å². The van der Waals surface area contributed by atoms with Gasteiger partial charge in [-0.2, -0.15) is 12.7 Å². The molecule has 0 atom stereocenters. The summed E-state index contributed by atoms with van der Waals surface area (Å²) in [7, 11) is -3.65. The summed E-state index contributed by atoms with van der Waals surface area (Å²) in [5.41, 5.74) is 0.404.